The van der Waals surface area contributed by atoms with Gasteiger partial charge in [0.25, 0.3) is 0 Å². The van der Waals surface area contributed by atoms with Crippen molar-refractivity contribution in [2.24, 2.45) is 0 Å². The Morgan fingerprint density at radius 3 is 2.50 bits per heavy atom. The number of ether oxygens (including phenoxy) is 1. The molecule has 1 saturated heterocycles. The van der Waals surface area contributed by atoms with Gasteiger partial charge >= 0.3 is 0 Å². The number of aryl methyl sites for hydroxylation is 1. The van der Waals surface area contributed by atoms with Crippen LogP contribution in [0.15, 0.2) is 12.4 Å². The van der Waals surface area contributed by atoms with E-state index in [-0.39, 0.29) is 1.43 Å². The average Bonchev–Trinajstić information content (AvgIpc) is 2.61. The fourth-order valence-electron chi connectivity index (χ4n) is 2.78. The van der Waals surface area contributed by atoms with Crippen molar-refractivity contribution in [2.45, 2.75) is 39.7 Å². The Morgan fingerprint density at radius 2 is 1.88 bits per heavy atom. The van der Waals surface area contributed by atoms with E-state index in [1.54, 1.807) is 0 Å². The second kappa shape index (κ2) is 10.6. The highest BCUT2D eigenvalue weighted by Crippen LogP contribution is 2.11. The summed E-state index contributed by atoms with van der Waals surface area (Å²) in [4.78, 5) is 13.8. The summed E-state index contributed by atoms with van der Waals surface area (Å²) >= 11 is 0. The van der Waals surface area contributed by atoms with Gasteiger partial charge in [0.1, 0.15) is 0 Å². The highest BCUT2D eigenvalue weighted by atomic mass is 16.5. The Labute approximate surface area is 148 Å². The van der Waals surface area contributed by atoms with E-state index in [1.165, 1.54) is 5.56 Å². The second-order valence-corrected chi connectivity index (χ2v) is 6.65. The Balaban J connectivity index is 0.00000312. The monoisotopic (exact) mass is 337 g/mol. The van der Waals surface area contributed by atoms with Crippen LogP contribution in [0.2, 0.25) is 0 Å². The summed E-state index contributed by atoms with van der Waals surface area (Å²) in [6.45, 7) is 14.3. The molecule has 2 heterocycles. The van der Waals surface area contributed by atoms with E-state index >= 15 is 0 Å². The summed E-state index contributed by atoms with van der Waals surface area (Å²) in [5, 5.41) is 3.36. The fourth-order valence-corrected chi connectivity index (χ4v) is 2.78. The first-order valence-corrected chi connectivity index (χ1v) is 9.28. The summed E-state index contributed by atoms with van der Waals surface area (Å²) in [7, 11) is 0. The first-order chi connectivity index (χ1) is 11.7. The van der Waals surface area contributed by atoms with Crippen LogP contribution in [-0.4, -0.2) is 73.4 Å². The third kappa shape index (κ3) is 6.71. The summed E-state index contributed by atoms with van der Waals surface area (Å²) < 4.78 is 5.67. The molecule has 0 amide bonds. The van der Waals surface area contributed by atoms with Crippen molar-refractivity contribution in [3.63, 3.8) is 0 Å². The molecule has 1 fully saturated rings. The zero-order chi connectivity index (χ0) is 17.2. The molecule has 0 bridgehead atoms. The topological polar surface area (TPSA) is 53.5 Å². The molecule has 1 aliphatic rings. The Hall–Kier alpha value is -1.24. The second-order valence-electron chi connectivity index (χ2n) is 6.65. The van der Waals surface area contributed by atoms with E-state index in [1.807, 2.05) is 12.4 Å². The van der Waals surface area contributed by atoms with Crippen LogP contribution in [0.3, 0.4) is 0 Å². The van der Waals surface area contributed by atoms with E-state index in [2.05, 4.69) is 45.9 Å². The molecule has 0 aromatic carbocycles. The van der Waals surface area contributed by atoms with Gasteiger partial charge in [0.15, 0.2) is 0 Å². The molecule has 0 spiro atoms. The van der Waals surface area contributed by atoms with Gasteiger partial charge in [-0.15, -0.1) is 0 Å². The van der Waals surface area contributed by atoms with E-state index in [0.29, 0.717) is 6.04 Å². The van der Waals surface area contributed by atoms with E-state index < -0.39 is 0 Å². The maximum absolute atomic E-state index is 5.67. The Bertz CT molecular complexity index is 449. The molecule has 0 aliphatic carbocycles. The van der Waals surface area contributed by atoms with Crippen molar-refractivity contribution >= 4 is 5.95 Å². The van der Waals surface area contributed by atoms with Gasteiger partial charge < -0.3 is 15.0 Å². The number of aromatic nitrogens is 2. The van der Waals surface area contributed by atoms with Crippen molar-refractivity contribution in [3.05, 3.63) is 18.0 Å². The van der Waals surface area contributed by atoms with Gasteiger partial charge in [-0.2, -0.15) is 0 Å². The zero-order valence-electron chi connectivity index (χ0n) is 15.5. The van der Waals surface area contributed by atoms with Gasteiger partial charge in [-0.1, -0.05) is 20.8 Å². The lowest BCUT2D eigenvalue weighted by atomic mass is 10.3. The molecule has 6 nitrogen and oxygen atoms in total. The van der Waals surface area contributed by atoms with Crippen LogP contribution >= 0.6 is 0 Å². The van der Waals surface area contributed by atoms with Crippen LogP contribution in [0.5, 0.6) is 0 Å². The zero-order valence-corrected chi connectivity index (χ0v) is 15.5. The predicted octanol–water partition coefficient (Wildman–Crippen LogP) is 1.81. The predicted molar refractivity (Wildman–Crippen MR) is 101 cm³/mol. The number of piperazine rings is 1. The van der Waals surface area contributed by atoms with Crippen molar-refractivity contribution in [1.29, 1.82) is 0 Å². The van der Waals surface area contributed by atoms with Crippen LogP contribution in [0.1, 0.15) is 34.2 Å². The Kier molecular flexibility index (Phi) is 8.42. The number of nitrogens with zero attached hydrogens (tertiary/aromatic N) is 4. The first-order valence-electron chi connectivity index (χ1n) is 9.28. The third-order valence-corrected chi connectivity index (χ3v) is 4.32. The van der Waals surface area contributed by atoms with Crippen molar-refractivity contribution in [1.82, 2.24) is 20.2 Å². The molecule has 6 heteroatoms. The number of hydrogen-bond donors (Lipinski definition) is 1. The normalized spacial score (nSPS) is 16.1. The van der Waals surface area contributed by atoms with Gasteiger partial charge in [0, 0.05) is 65.7 Å². The van der Waals surface area contributed by atoms with E-state index in [4.69, 9.17) is 4.74 Å². The molecule has 2 rings (SSSR count). The fraction of sp³-hybridized carbons (Fsp3) is 0.778. The minimum Gasteiger partial charge on any atom is -0.380 e. The molecule has 0 atom stereocenters. The minimum atomic E-state index is 0. The van der Waals surface area contributed by atoms with E-state index in [0.717, 1.165) is 71.3 Å². The maximum atomic E-state index is 5.67. The lowest BCUT2D eigenvalue weighted by Crippen LogP contribution is -2.47. The number of hydrogen-bond acceptors (Lipinski definition) is 6. The molecule has 1 aromatic rings. The van der Waals surface area contributed by atoms with E-state index in [9.17, 15) is 0 Å². The van der Waals surface area contributed by atoms with Crippen LogP contribution < -0.4 is 10.2 Å². The number of rotatable bonds is 10. The lowest BCUT2D eigenvalue weighted by molar-refractivity contribution is 0.120. The number of nitrogens with one attached hydrogen (secondary N) is 1. The quantitative estimate of drug-likeness (QED) is 0.657. The molecule has 0 radical (unpaired) electrons. The average molecular weight is 338 g/mol. The molecule has 24 heavy (non-hydrogen) atoms. The van der Waals surface area contributed by atoms with Gasteiger partial charge in [-0.3, -0.25) is 4.90 Å². The summed E-state index contributed by atoms with van der Waals surface area (Å²) in [5.74, 6) is 0.868. The molecule has 0 saturated carbocycles. The molecule has 138 valence electrons. The lowest BCUT2D eigenvalue weighted by Gasteiger charge is -2.34. The standard InChI is InChI=1S/C18H33N5O.H2/c1-4-17-14-20-18(21-15-17)23-10-8-22(9-11-23)7-5-12-24-13-6-19-16(2)3;/h14-16,19H,4-13H2,1-3H3;1H. The molecular formula is C18H35N5O. The number of anilines is 1. The first kappa shape index (κ1) is 19.1. The van der Waals surface area contributed by atoms with Gasteiger partial charge in [-0.05, 0) is 18.4 Å². The summed E-state index contributed by atoms with van der Waals surface area (Å²) in [5.41, 5.74) is 1.20. The largest absolute Gasteiger partial charge is 0.380 e. The van der Waals surface area contributed by atoms with Crippen molar-refractivity contribution in [2.75, 3.05) is 57.4 Å². The van der Waals surface area contributed by atoms with Crippen LogP contribution in [0.25, 0.3) is 0 Å². The molecule has 1 aliphatic heterocycles. The van der Waals surface area contributed by atoms with Crippen LogP contribution in [0, 0.1) is 0 Å². The summed E-state index contributed by atoms with van der Waals surface area (Å²) in [6.07, 6.45) is 5.98. The smallest absolute Gasteiger partial charge is 0.225 e. The maximum Gasteiger partial charge on any atom is 0.225 e. The third-order valence-electron chi connectivity index (χ3n) is 4.32. The highest BCUT2D eigenvalue weighted by molar-refractivity contribution is 5.30. The van der Waals surface area contributed by atoms with Crippen LogP contribution in [0.4, 0.5) is 5.95 Å². The van der Waals surface area contributed by atoms with Crippen molar-refractivity contribution in [3.8, 4) is 0 Å². The van der Waals surface area contributed by atoms with Gasteiger partial charge in [0.05, 0.1) is 6.61 Å². The minimum absolute atomic E-state index is 0. The van der Waals surface area contributed by atoms with Crippen molar-refractivity contribution < 1.29 is 6.16 Å². The molecule has 1 aromatic heterocycles. The highest BCUT2D eigenvalue weighted by Gasteiger charge is 2.18. The van der Waals surface area contributed by atoms with Gasteiger partial charge in [0.2, 0.25) is 5.95 Å². The van der Waals surface area contributed by atoms with Crippen LogP contribution in [-0.2, 0) is 11.2 Å². The summed E-state index contributed by atoms with van der Waals surface area (Å²) in [6, 6.07) is 0.534. The molecule has 1 N–H and O–H groups in total. The SMILES string of the molecule is CCc1cnc(N2CCN(CCCOCCNC(C)C)CC2)nc1.[HH]. The molecule has 0 unspecified atom stereocenters. The Morgan fingerprint density at radius 1 is 1.17 bits per heavy atom. The molecular weight excluding hydrogens is 302 g/mol. The van der Waals surface area contributed by atoms with Gasteiger partial charge in [-0.25, -0.2) is 9.97 Å².